The molecule has 2 aliphatic heterocycles. The first-order valence-electron chi connectivity index (χ1n) is 14.1. The van der Waals surface area contributed by atoms with Crippen LogP contribution in [0.2, 0.25) is 0 Å². The number of likely N-dealkylation sites (tertiary alicyclic amines) is 1. The van der Waals surface area contributed by atoms with Gasteiger partial charge >= 0.3 is 6.03 Å². The zero-order valence-corrected chi connectivity index (χ0v) is 21.4. The Hall–Kier alpha value is -2.24. The summed E-state index contributed by atoms with van der Waals surface area (Å²) in [5, 5.41) is 6.49. The van der Waals surface area contributed by atoms with Crippen molar-refractivity contribution >= 4 is 17.6 Å². The molecular formula is C29H42N4O2. The average Bonchev–Trinajstić information content (AvgIpc) is 3.37. The molecule has 1 aromatic carbocycles. The lowest BCUT2D eigenvalue weighted by Gasteiger charge is -2.34. The number of nitrogens with zero attached hydrogens (tertiary/aromatic N) is 2. The van der Waals surface area contributed by atoms with Crippen molar-refractivity contribution in [3.05, 3.63) is 29.8 Å². The fourth-order valence-electron chi connectivity index (χ4n) is 8.25. The van der Waals surface area contributed by atoms with Gasteiger partial charge in [0.25, 0.3) is 5.91 Å². The topological polar surface area (TPSA) is 64.7 Å². The smallest absolute Gasteiger partial charge is 0.317 e. The number of fused-ring (bicyclic) bond motifs is 3. The van der Waals surface area contributed by atoms with Gasteiger partial charge in [0.1, 0.15) is 0 Å². The molecule has 3 saturated carbocycles. The summed E-state index contributed by atoms with van der Waals surface area (Å²) in [4.78, 5) is 30.0. The number of hydrogen-bond donors (Lipinski definition) is 2. The van der Waals surface area contributed by atoms with Crippen LogP contribution < -0.4 is 15.5 Å². The second kappa shape index (κ2) is 9.33. The van der Waals surface area contributed by atoms with Crippen molar-refractivity contribution in [2.45, 2.75) is 70.9 Å². The van der Waals surface area contributed by atoms with Crippen LogP contribution in [0, 0.1) is 35.5 Å². The Balaban J connectivity index is 1.05. The number of amides is 3. The summed E-state index contributed by atoms with van der Waals surface area (Å²) >= 11 is 0. The molecule has 6 rings (SSSR count). The maximum absolute atomic E-state index is 13.2. The van der Waals surface area contributed by atoms with E-state index in [0.717, 1.165) is 62.3 Å². The Bertz CT molecular complexity index is 947. The van der Waals surface area contributed by atoms with Gasteiger partial charge in [0.2, 0.25) is 0 Å². The SMILES string of the molecule is CC(C)NC(=O)N1CCC2CN(c3ccc(C(=O)NC4CCC5CC6CC(C5)C4C6)cc3)CC2C1. The largest absolute Gasteiger partial charge is 0.371 e. The fourth-order valence-corrected chi connectivity index (χ4v) is 8.25. The Labute approximate surface area is 210 Å². The van der Waals surface area contributed by atoms with Crippen LogP contribution in [0.4, 0.5) is 10.5 Å². The molecule has 2 saturated heterocycles. The van der Waals surface area contributed by atoms with E-state index in [1.165, 1.54) is 37.8 Å². The van der Waals surface area contributed by atoms with Gasteiger partial charge in [-0.1, -0.05) is 0 Å². The summed E-state index contributed by atoms with van der Waals surface area (Å²) in [6.45, 7) is 7.73. The number of carbonyl (C=O) groups excluding carboxylic acids is 2. The molecule has 0 radical (unpaired) electrons. The van der Waals surface area contributed by atoms with Crippen LogP contribution in [-0.2, 0) is 0 Å². The van der Waals surface area contributed by atoms with E-state index in [2.05, 4.69) is 27.7 Å². The zero-order chi connectivity index (χ0) is 24.1. The highest BCUT2D eigenvalue weighted by atomic mass is 16.2. The number of nitrogens with one attached hydrogen (secondary N) is 2. The molecule has 3 aliphatic carbocycles. The third-order valence-corrected chi connectivity index (χ3v) is 9.86. The summed E-state index contributed by atoms with van der Waals surface area (Å²) in [6.07, 6.45) is 9.10. The maximum atomic E-state index is 13.2. The number of hydrogen-bond acceptors (Lipinski definition) is 3. The molecule has 6 nitrogen and oxygen atoms in total. The molecule has 2 N–H and O–H groups in total. The second-order valence-corrected chi connectivity index (χ2v) is 12.6. The van der Waals surface area contributed by atoms with Gasteiger partial charge in [-0.3, -0.25) is 4.79 Å². The monoisotopic (exact) mass is 478 g/mol. The minimum Gasteiger partial charge on any atom is -0.371 e. The van der Waals surface area contributed by atoms with Gasteiger partial charge in [-0.05, 0) is 119 Å². The zero-order valence-electron chi connectivity index (χ0n) is 21.4. The normalized spacial score (nSPS) is 35.7. The highest BCUT2D eigenvalue weighted by Crippen LogP contribution is 2.53. The van der Waals surface area contributed by atoms with Crippen LogP contribution in [0.1, 0.15) is 69.2 Å². The van der Waals surface area contributed by atoms with Crippen molar-refractivity contribution < 1.29 is 9.59 Å². The van der Waals surface area contributed by atoms with E-state index in [0.29, 0.717) is 23.8 Å². The molecule has 5 fully saturated rings. The van der Waals surface area contributed by atoms with E-state index in [-0.39, 0.29) is 18.0 Å². The molecule has 3 bridgehead atoms. The molecule has 7 atom stereocenters. The molecule has 7 unspecified atom stereocenters. The Kier molecular flexibility index (Phi) is 6.18. The lowest BCUT2D eigenvalue weighted by atomic mass is 9.80. The first-order valence-corrected chi connectivity index (χ1v) is 14.1. The molecule has 0 spiro atoms. The molecule has 2 heterocycles. The quantitative estimate of drug-likeness (QED) is 0.669. The molecule has 5 aliphatic rings. The average molecular weight is 479 g/mol. The molecule has 190 valence electrons. The predicted octanol–water partition coefficient (Wildman–Crippen LogP) is 4.51. The Morgan fingerprint density at radius 3 is 2.43 bits per heavy atom. The number of carbonyl (C=O) groups is 2. The summed E-state index contributed by atoms with van der Waals surface area (Å²) in [7, 11) is 0. The Morgan fingerprint density at radius 2 is 1.63 bits per heavy atom. The van der Waals surface area contributed by atoms with E-state index in [9.17, 15) is 9.59 Å². The van der Waals surface area contributed by atoms with Gasteiger partial charge < -0.3 is 20.4 Å². The molecule has 35 heavy (non-hydrogen) atoms. The van der Waals surface area contributed by atoms with Gasteiger partial charge in [0.05, 0.1) is 0 Å². The lowest BCUT2D eigenvalue weighted by Crippen LogP contribution is -2.49. The standard InChI is InChI=1S/C29H42N4O2/c1-18(2)30-29(35)32-10-9-22-15-33(17-24(22)16-32)25-6-4-21(5-7-25)28(34)31-27-8-3-19-11-20-13-23(12-19)26(27)14-20/h4-7,18-20,22-24,26-27H,3,8-17H2,1-2H3,(H,30,35)(H,31,34). The van der Waals surface area contributed by atoms with E-state index in [1.54, 1.807) is 0 Å². The van der Waals surface area contributed by atoms with Crippen LogP contribution >= 0.6 is 0 Å². The van der Waals surface area contributed by atoms with Crippen molar-refractivity contribution in [3.8, 4) is 0 Å². The van der Waals surface area contributed by atoms with Crippen molar-refractivity contribution in [3.63, 3.8) is 0 Å². The minimum absolute atomic E-state index is 0.0712. The number of benzene rings is 1. The number of piperidine rings is 1. The van der Waals surface area contributed by atoms with Crippen LogP contribution in [-0.4, -0.2) is 55.1 Å². The highest BCUT2D eigenvalue weighted by Gasteiger charge is 2.46. The highest BCUT2D eigenvalue weighted by molar-refractivity contribution is 5.94. The van der Waals surface area contributed by atoms with Gasteiger partial charge in [0, 0.05) is 49.5 Å². The summed E-state index contributed by atoms with van der Waals surface area (Å²) in [6, 6.07) is 8.86. The van der Waals surface area contributed by atoms with Crippen molar-refractivity contribution in [1.29, 1.82) is 0 Å². The first kappa shape index (κ1) is 23.2. The van der Waals surface area contributed by atoms with Crippen LogP contribution in [0.3, 0.4) is 0 Å². The van der Waals surface area contributed by atoms with E-state index >= 15 is 0 Å². The van der Waals surface area contributed by atoms with Crippen LogP contribution in [0.25, 0.3) is 0 Å². The molecule has 3 amide bonds. The number of urea groups is 1. The fraction of sp³-hybridized carbons (Fsp3) is 0.724. The van der Waals surface area contributed by atoms with Gasteiger partial charge in [0.15, 0.2) is 0 Å². The number of anilines is 1. The summed E-state index contributed by atoms with van der Waals surface area (Å²) in [5.74, 6) is 4.64. The van der Waals surface area contributed by atoms with Crippen LogP contribution in [0.15, 0.2) is 24.3 Å². The van der Waals surface area contributed by atoms with Crippen LogP contribution in [0.5, 0.6) is 0 Å². The predicted molar refractivity (Wildman–Crippen MR) is 138 cm³/mol. The van der Waals surface area contributed by atoms with E-state index in [4.69, 9.17) is 0 Å². The van der Waals surface area contributed by atoms with E-state index in [1.807, 2.05) is 30.9 Å². The van der Waals surface area contributed by atoms with Gasteiger partial charge in [-0.15, -0.1) is 0 Å². The van der Waals surface area contributed by atoms with Crippen molar-refractivity contribution in [2.24, 2.45) is 35.5 Å². The van der Waals surface area contributed by atoms with Crippen molar-refractivity contribution in [1.82, 2.24) is 15.5 Å². The number of rotatable bonds is 4. The Morgan fingerprint density at radius 1 is 0.857 bits per heavy atom. The van der Waals surface area contributed by atoms with Gasteiger partial charge in [-0.2, -0.15) is 0 Å². The molecule has 0 aromatic heterocycles. The third kappa shape index (κ3) is 4.65. The minimum atomic E-state index is 0.0712. The lowest BCUT2D eigenvalue weighted by molar-refractivity contribution is 0.0912. The molecule has 6 heteroatoms. The second-order valence-electron chi connectivity index (χ2n) is 12.6. The summed E-state index contributed by atoms with van der Waals surface area (Å²) < 4.78 is 0. The van der Waals surface area contributed by atoms with E-state index < -0.39 is 0 Å². The molecular weight excluding hydrogens is 436 g/mol. The van der Waals surface area contributed by atoms with Crippen molar-refractivity contribution in [2.75, 3.05) is 31.1 Å². The molecule has 1 aromatic rings. The van der Waals surface area contributed by atoms with Gasteiger partial charge in [-0.25, -0.2) is 4.79 Å². The summed E-state index contributed by atoms with van der Waals surface area (Å²) in [5.41, 5.74) is 1.98. The third-order valence-electron chi connectivity index (χ3n) is 9.86. The maximum Gasteiger partial charge on any atom is 0.317 e. The first-order chi connectivity index (χ1) is 16.9.